The molecule has 2 aromatic heterocycles. The zero-order valence-corrected chi connectivity index (χ0v) is 9.76. The van der Waals surface area contributed by atoms with E-state index >= 15 is 0 Å². The minimum atomic E-state index is -0.345. The third kappa shape index (κ3) is 3.41. The molecule has 0 bridgehead atoms. The lowest BCUT2D eigenvalue weighted by atomic mass is 10.2. The van der Waals surface area contributed by atoms with E-state index in [0.29, 0.717) is 13.1 Å². The molecule has 0 aliphatic carbocycles. The molecule has 0 spiro atoms. The van der Waals surface area contributed by atoms with E-state index in [1.807, 2.05) is 24.3 Å². The van der Waals surface area contributed by atoms with Gasteiger partial charge in [0.05, 0.1) is 12.6 Å². The number of nitrogens with one attached hydrogen (secondary N) is 1. The largest absolute Gasteiger partial charge is 0.460 e. The molecule has 0 aliphatic rings. The molecule has 0 amide bonds. The molecule has 0 unspecified atom stereocenters. The standard InChI is InChI=1S/C13H16N2O2/c1-10(16)7-15-9-12-4-5-13(17-12)11-3-2-6-14-8-11/h2-6,8,10,15-16H,7,9H2,1H3/t10-/m0/s1. The number of nitrogens with zero attached hydrogens (tertiary/aromatic N) is 1. The molecule has 2 aromatic rings. The molecule has 4 heteroatoms. The van der Waals surface area contributed by atoms with E-state index in [1.54, 1.807) is 19.3 Å². The van der Waals surface area contributed by atoms with Crippen molar-refractivity contribution < 1.29 is 9.52 Å². The Morgan fingerprint density at radius 3 is 3.00 bits per heavy atom. The number of pyridine rings is 1. The Bertz CT molecular complexity index is 451. The van der Waals surface area contributed by atoms with Crippen LogP contribution in [0.5, 0.6) is 0 Å². The minimum Gasteiger partial charge on any atom is -0.460 e. The lowest BCUT2D eigenvalue weighted by Crippen LogP contribution is -2.23. The number of rotatable bonds is 5. The third-order valence-electron chi connectivity index (χ3n) is 2.35. The normalized spacial score (nSPS) is 12.6. The highest BCUT2D eigenvalue weighted by Crippen LogP contribution is 2.20. The number of aromatic nitrogens is 1. The Labute approximate surface area is 100 Å². The summed E-state index contributed by atoms with van der Waals surface area (Å²) in [6, 6.07) is 7.69. The molecule has 4 nitrogen and oxygen atoms in total. The highest BCUT2D eigenvalue weighted by atomic mass is 16.3. The van der Waals surface area contributed by atoms with Crippen molar-refractivity contribution in [1.82, 2.24) is 10.3 Å². The summed E-state index contributed by atoms with van der Waals surface area (Å²) in [6.45, 7) is 2.92. The van der Waals surface area contributed by atoms with Crippen molar-refractivity contribution in [3.63, 3.8) is 0 Å². The second-order valence-electron chi connectivity index (χ2n) is 3.99. The third-order valence-corrected chi connectivity index (χ3v) is 2.35. The number of aliphatic hydroxyl groups is 1. The highest BCUT2D eigenvalue weighted by Gasteiger charge is 2.04. The lowest BCUT2D eigenvalue weighted by Gasteiger charge is -2.04. The van der Waals surface area contributed by atoms with Gasteiger partial charge in [0.15, 0.2) is 0 Å². The van der Waals surface area contributed by atoms with Crippen molar-refractivity contribution in [2.24, 2.45) is 0 Å². The summed E-state index contributed by atoms with van der Waals surface area (Å²) in [5, 5.41) is 12.2. The fourth-order valence-corrected chi connectivity index (χ4v) is 1.54. The molecule has 17 heavy (non-hydrogen) atoms. The van der Waals surface area contributed by atoms with Crippen LogP contribution in [0.2, 0.25) is 0 Å². The molecule has 0 aromatic carbocycles. The van der Waals surface area contributed by atoms with Gasteiger partial charge in [0.25, 0.3) is 0 Å². The number of aliphatic hydroxyl groups excluding tert-OH is 1. The second-order valence-corrected chi connectivity index (χ2v) is 3.99. The number of hydrogen-bond acceptors (Lipinski definition) is 4. The summed E-state index contributed by atoms with van der Waals surface area (Å²) >= 11 is 0. The van der Waals surface area contributed by atoms with E-state index in [-0.39, 0.29) is 6.10 Å². The summed E-state index contributed by atoms with van der Waals surface area (Å²) in [7, 11) is 0. The van der Waals surface area contributed by atoms with Crippen LogP contribution in [-0.2, 0) is 6.54 Å². The highest BCUT2D eigenvalue weighted by molar-refractivity contribution is 5.55. The van der Waals surface area contributed by atoms with Crippen LogP contribution in [0, 0.1) is 0 Å². The fourth-order valence-electron chi connectivity index (χ4n) is 1.54. The molecule has 0 radical (unpaired) electrons. The first-order valence-electron chi connectivity index (χ1n) is 5.63. The zero-order chi connectivity index (χ0) is 12.1. The summed E-state index contributed by atoms with van der Waals surface area (Å²) in [6.07, 6.45) is 3.16. The maximum absolute atomic E-state index is 9.11. The van der Waals surface area contributed by atoms with E-state index in [4.69, 9.17) is 9.52 Å². The van der Waals surface area contributed by atoms with Gasteiger partial charge in [-0.3, -0.25) is 4.98 Å². The van der Waals surface area contributed by atoms with E-state index in [2.05, 4.69) is 10.3 Å². The summed E-state index contributed by atoms with van der Waals surface area (Å²) in [4.78, 5) is 4.05. The molecule has 2 heterocycles. The van der Waals surface area contributed by atoms with E-state index in [0.717, 1.165) is 17.1 Å². The van der Waals surface area contributed by atoms with E-state index in [1.165, 1.54) is 0 Å². The van der Waals surface area contributed by atoms with Crippen molar-refractivity contribution in [2.45, 2.75) is 19.6 Å². The van der Waals surface area contributed by atoms with Gasteiger partial charge in [0.1, 0.15) is 11.5 Å². The average Bonchev–Trinajstić information content (AvgIpc) is 2.78. The van der Waals surface area contributed by atoms with Gasteiger partial charge < -0.3 is 14.8 Å². The van der Waals surface area contributed by atoms with Crippen LogP contribution >= 0.6 is 0 Å². The molecule has 0 saturated heterocycles. The van der Waals surface area contributed by atoms with Crippen LogP contribution in [-0.4, -0.2) is 22.7 Å². The summed E-state index contributed by atoms with van der Waals surface area (Å²) < 4.78 is 5.67. The van der Waals surface area contributed by atoms with Crippen LogP contribution in [0.3, 0.4) is 0 Å². The van der Waals surface area contributed by atoms with Crippen LogP contribution in [0.1, 0.15) is 12.7 Å². The number of hydrogen-bond donors (Lipinski definition) is 2. The van der Waals surface area contributed by atoms with Crippen molar-refractivity contribution in [3.8, 4) is 11.3 Å². The predicted octanol–water partition coefficient (Wildman–Crippen LogP) is 1.81. The molecule has 2 rings (SSSR count). The topological polar surface area (TPSA) is 58.3 Å². The van der Waals surface area contributed by atoms with Crippen LogP contribution in [0.4, 0.5) is 0 Å². The van der Waals surface area contributed by atoms with Gasteiger partial charge in [-0.1, -0.05) is 0 Å². The second kappa shape index (κ2) is 5.61. The van der Waals surface area contributed by atoms with Gasteiger partial charge >= 0.3 is 0 Å². The van der Waals surface area contributed by atoms with Gasteiger partial charge in [-0.05, 0) is 31.2 Å². The first kappa shape index (κ1) is 11.8. The predicted molar refractivity (Wildman–Crippen MR) is 65.3 cm³/mol. The molecular weight excluding hydrogens is 216 g/mol. The quantitative estimate of drug-likeness (QED) is 0.825. The van der Waals surface area contributed by atoms with Crippen LogP contribution in [0.15, 0.2) is 41.1 Å². The zero-order valence-electron chi connectivity index (χ0n) is 9.76. The average molecular weight is 232 g/mol. The van der Waals surface area contributed by atoms with Crippen LogP contribution < -0.4 is 5.32 Å². The van der Waals surface area contributed by atoms with Crippen molar-refractivity contribution in [1.29, 1.82) is 0 Å². The summed E-state index contributed by atoms with van der Waals surface area (Å²) in [5.41, 5.74) is 0.967. The van der Waals surface area contributed by atoms with E-state index in [9.17, 15) is 0 Å². The van der Waals surface area contributed by atoms with Crippen molar-refractivity contribution >= 4 is 0 Å². The first-order chi connectivity index (χ1) is 8.25. The van der Waals surface area contributed by atoms with Gasteiger partial charge in [-0.15, -0.1) is 0 Å². The smallest absolute Gasteiger partial charge is 0.135 e. The molecule has 2 N–H and O–H groups in total. The van der Waals surface area contributed by atoms with Gasteiger partial charge in [0, 0.05) is 24.5 Å². The Hall–Kier alpha value is -1.65. The van der Waals surface area contributed by atoms with Crippen molar-refractivity contribution in [2.75, 3.05) is 6.54 Å². The molecule has 90 valence electrons. The Kier molecular flexibility index (Phi) is 3.90. The van der Waals surface area contributed by atoms with E-state index < -0.39 is 0 Å². The maximum atomic E-state index is 9.11. The van der Waals surface area contributed by atoms with Crippen molar-refractivity contribution in [3.05, 3.63) is 42.4 Å². The number of furan rings is 1. The Morgan fingerprint density at radius 2 is 2.29 bits per heavy atom. The van der Waals surface area contributed by atoms with Gasteiger partial charge in [0.2, 0.25) is 0 Å². The Morgan fingerprint density at radius 1 is 1.41 bits per heavy atom. The van der Waals surface area contributed by atoms with Gasteiger partial charge in [-0.2, -0.15) is 0 Å². The lowest BCUT2D eigenvalue weighted by molar-refractivity contribution is 0.190. The molecule has 1 atom stereocenters. The molecule has 0 saturated carbocycles. The monoisotopic (exact) mass is 232 g/mol. The first-order valence-corrected chi connectivity index (χ1v) is 5.63. The molecule has 0 fully saturated rings. The van der Waals surface area contributed by atoms with Crippen LogP contribution in [0.25, 0.3) is 11.3 Å². The summed E-state index contributed by atoms with van der Waals surface area (Å²) in [5.74, 6) is 1.66. The fraction of sp³-hybridized carbons (Fsp3) is 0.308. The SMILES string of the molecule is C[C@H](O)CNCc1ccc(-c2cccnc2)o1. The van der Waals surface area contributed by atoms with Gasteiger partial charge in [-0.25, -0.2) is 0 Å². The molecular formula is C13H16N2O2. The Balaban J connectivity index is 1.97. The minimum absolute atomic E-state index is 0.345. The molecule has 0 aliphatic heterocycles. The maximum Gasteiger partial charge on any atom is 0.135 e.